The van der Waals surface area contributed by atoms with Crippen LogP contribution in [0.5, 0.6) is 0 Å². The predicted octanol–water partition coefficient (Wildman–Crippen LogP) is 2.30. The van der Waals surface area contributed by atoms with E-state index >= 15 is 0 Å². The Bertz CT molecular complexity index is 911. The van der Waals surface area contributed by atoms with Crippen LogP contribution in [-0.4, -0.2) is 45.2 Å². The molecule has 0 aromatic heterocycles. The molecule has 0 radical (unpaired) electrons. The van der Waals surface area contributed by atoms with Crippen LogP contribution in [0.2, 0.25) is 5.02 Å². The van der Waals surface area contributed by atoms with Gasteiger partial charge in [-0.15, -0.1) is 0 Å². The van der Waals surface area contributed by atoms with Gasteiger partial charge in [-0.3, -0.25) is 0 Å². The van der Waals surface area contributed by atoms with Gasteiger partial charge in [0.05, 0.1) is 4.90 Å². The quantitative estimate of drug-likeness (QED) is 0.823. The number of benzene rings is 2. The van der Waals surface area contributed by atoms with E-state index in [9.17, 15) is 13.5 Å². The van der Waals surface area contributed by atoms with Crippen LogP contribution in [0.1, 0.15) is 5.56 Å². The van der Waals surface area contributed by atoms with Gasteiger partial charge in [-0.2, -0.15) is 0 Å². The van der Waals surface area contributed by atoms with E-state index in [4.69, 9.17) is 16.3 Å². The van der Waals surface area contributed by atoms with Crippen LogP contribution in [-0.2, 0) is 14.6 Å². The molecule has 0 spiro atoms. The van der Waals surface area contributed by atoms with Crippen LogP contribution in [0, 0.1) is 0 Å². The molecule has 2 aromatic rings. The zero-order chi connectivity index (χ0) is 18.2. The maximum atomic E-state index is 11.6. The summed E-state index contributed by atoms with van der Waals surface area (Å²) < 4.78 is 28.4. The fourth-order valence-corrected chi connectivity index (χ4v) is 3.31. The molecule has 1 atom stereocenters. The molecule has 1 aliphatic heterocycles. The number of anilines is 1. The lowest BCUT2D eigenvalue weighted by Gasteiger charge is -2.23. The third-order valence-electron chi connectivity index (χ3n) is 3.91. The van der Waals surface area contributed by atoms with E-state index in [2.05, 4.69) is 4.99 Å². The lowest BCUT2D eigenvalue weighted by atomic mass is 10.2. The van der Waals surface area contributed by atoms with Crippen LogP contribution < -0.4 is 4.90 Å². The Morgan fingerprint density at radius 1 is 1.16 bits per heavy atom. The summed E-state index contributed by atoms with van der Waals surface area (Å²) in [6.45, 7) is 0.0830. The Morgan fingerprint density at radius 3 is 2.28 bits per heavy atom. The summed E-state index contributed by atoms with van der Waals surface area (Å²) in [7, 11) is -1.90. The number of rotatable bonds is 4. The van der Waals surface area contributed by atoms with Crippen molar-refractivity contribution in [3.63, 3.8) is 0 Å². The lowest BCUT2D eigenvalue weighted by molar-refractivity contribution is -0.163. The van der Waals surface area contributed by atoms with E-state index in [0.29, 0.717) is 16.5 Å². The first-order chi connectivity index (χ1) is 11.7. The highest BCUT2D eigenvalue weighted by atomic mass is 35.5. The van der Waals surface area contributed by atoms with Crippen molar-refractivity contribution in [1.82, 2.24) is 0 Å². The van der Waals surface area contributed by atoms with Gasteiger partial charge in [-0.1, -0.05) is 11.6 Å². The number of hydrogen-bond donors (Lipinski definition) is 1. The van der Waals surface area contributed by atoms with Gasteiger partial charge in [-0.05, 0) is 48.5 Å². The molecule has 8 heteroatoms. The Labute approximate surface area is 151 Å². The fraction of sp³-hybridized carbons (Fsp3) is 0.235. The van der Waals surface area contributed by atoms with Crippen molar-refractivity contribution < 1.29 is 18.3 Å². The Morgan fingerprint density at radius 2 is 1.76 bits per heavy atom. The second-order valence-electron chi connectivity index (χ2n) is 5.74. The highest BCUT2D eigenvalue weighted by Gasteiger charge is 2.39. The first-order valence-electron chi connectivity index (χ1n) is 7.43. The zero-order valence-corrected chi connectivity index (χ0v) is 15.3. The molecule has 1 unspecified atom stereocenters. The summed E-state index contributed by atoms with van der Waals surface area (Å²) in [5.41, 5.74) is 1.44. The molecule has 1 aliphatic rings. The molecule has 1 heterocycles. The summed E-state index contributed by atoms with van der Waals surface area (Å²) in [4.78, 5) is 6.27. The normalized spacial score (nSPS) is 20.6. The number of ether oxygens (including phenoxy) is 1. The highest BCUT2D eigenvalue weighted by Crippen LogP contribution is 2.29. The number of aliphatic imine (C=N–C) groups is 1. The maximum absolute atomic E-state index is 11.6. The predicted molar refractivity (Wildman–Crippen MR) is 96.8 cm³/mol. The molecule has 0 amide bonds. The number of aliphatic hydroxyl groups is 1. The largest absolute Gasteiger partial charge is 0.346 e. The highest BCUT2D eigenvalue weighted by molar-refractivity contribution is 7.90. The average Bonchev–Trinajstić information content (AvgIpc) is 2.94. The molecule has 0 aliphatic carbocycles. The number of β-amino-alcohol motifs (C(OH)–C–C–N with tert-alkyl or cyclic N) is 1. The first kappa shape index (κ1) is 17.9. The Hall–Kier alpha value is -1.93. The number of methoxy groups -OCH3 is 1. The monoisotopic (exact) mass is 380 g/mol. The number of halogens is 1. The number of sulfone groups is 1. The van der Waals surface area contributed by atoms with Gasteiger partial charge in [0, 0.05) is 29.6 Å². The summed E-state index contributed by atoms with van der Waals surface area (Å²) in [6, 6.07) is 13.4. The van der Waals surface area contributed by atoms with Crippen molar-refractivity contribution in [2.24, 2.45) is 4.99 Å². The zero-order valence-electron chi connectivity index (χ0n) is 13.7. The Kier molecular flexibility index (Phi) is 4.59. The summed E-state index contributed by atoms with van der Waals surface area (Å²) in [6.07, 6.45) is 1.15. The average molecular weight is 381 g/mol. The molecule has 6 nitrogen and oxygen atoms in total. The van der Waals surface area contributed by atoms with Gasteiger partial charge in [0.15, 0.2) is 9.84 Å². The summed E-state index contributed by atoms with van der Waals surface area (Å²) in [5, 5.41) is 11.0. The maximum Gasteiger partial charge on any atom is 0.287 e. The topological polar surface area (TPSA) is 79.2 Å². The van der Waals surface area contributed by atoms with Gasteiger partial charge in [0.2, 0.25) is 0 Å². The molecular formula is C17H17ClN2O4S. The standard InChI is InChI=1S/C17H17ClN2O4S/c1-24-17(21)11-20(14-7-9-15(10-8-14)25(2,22)23)16(19-17)12-3-5-13(18)6-4-12/h3-10,21H,11H2,1-2H3. The van der Waals surface area contributed by atoms with E-state index in [-0.39, 0.29) is 11.4 Å². The molecule has 0 fully saturated rings. The van der Waals surface area contributed by atoms with Gasteiger partial charge in [0.25, 0.3) is 5.91 Å². The Balaban J connectivity index is 2.02. The van der Waals surface area contributed by atoms with Crippen LogP contribution in [0.4, 0.5) is 5.69 Å². The number of hydrogen-bond acceptors (Lipinski definition) is 6. The first-order valence-corrected chi connectivity index (χ1v) is 9.70. The molecule has 0 bridgehead atoms. The summed E-state index contributed by atoms with van der Waals surface area (Å²) in [5.74, 6) is -1.17. The molecule has 0 saturated carbocycles. The van der Waals surface area contributed by atoms with Gasteiger partial charge in [-0.25, -0.2) is 13.4 Å². The second kappa shape index (κ2) is 6.42. The van der Waals surface area contributed by atoms with Crippen molar-refractivity contribution in [1.29, 1.82) is 0 Å². The summed E-state index contributed by atoms with van der Waals surface area (Å²) >= 11 is 5.93. The van der Waals surface area contributed by atoms with E-state index in [1.54, 1.807) is 41.3 Å². The van der Waals surface area contributed by atoms with Crippen molar-refractivity contribution in [3.8, 4) is 0 Å². The van der Waals surface area contributed by atoms with Crippen LogP contribution >= 0.6 is 11.6 Å². The van der Waals surface area contributed by atoms with Crippen LogP contribution in [0.3, 0.4) is 0 Å². The minimum absolute atomic E-state index is 0.0830. The minimum atomic E-state index is -3.28. The second-order valence-corrected chi connectivity index (χ2v) is 8.19. The SMILES string of the molecule is COC1(O)CN(c2ccc(S(C)(=O)=O)cc2)C(c2ccc(Cl)cc2)=N1. The van der Waals surface area contributed by atoms with E-state index < -0.39 is 15.7 Å². The van der Waals surface area contributed by atoms with E-state index in [1.165, 1.54) is 19.2 Å². The molecule has 132 valence electrons. The minimum Gasteiger partial charge on any atom is -0.346 e. The number of amidine groups is 1. The van der Waals surface area contributed by atoms with Crippen molar-refractivity contribution >= 4 is 33.0 Å². The van der Waals surface area contributed by atoms with E-state index in [0.717, 1.165) is 11.8 Å². The lowest BCUT2D eigenvalue weighted by Crippen LogP contribution is -2.37. The smallest absolute Gasteiger partial charge is 0.287 e. The third-order valence-corrected chi connectivity index (χ3v) is 5.29. The molecule has 3 rings (SSSR count). The van der Waals surface area contributed by atoms with Gasteiger partial charge < -0.3 is 14.7 Å². The van der Waals surface area contributed by atoms with Gasteiger partial charge >= 0.3 is 0 Å². The van der Waals surface area contributed by atoms with Crippen molar-refractivity contribution in [3.05, 3.63) is 59.1 Å². The third kappa shape index (κ3) is 3.69. The molecule has 2 aromatic carbocycles. The fourth-order valence-electron chi connectivity index (χ4n) is 2.56. The van der Waals surface area contributed by atoms with E-state index in [1.807, 2.05) is 0 Å². The van der Waals surface area contributed by atoms with Gasteiger partial charge in [0.1, 0.15) is 12.4 Å². The molecule has 0 saturated heterocycles. The number of nitrogens with zero attached hydrogens (tertiary/aromatic N) is 2. The molecule has 25 heavy (non-hydrogen) atoms. The van der Waals surface area contributed by atoms with Crippen LogP contribution in [0.15, 0.2) is 58.4 Å². The van der Waals surface area contributed by atoms with Crippen molar-refractivity contribution in [2.75, 3.05) is 24.8 Å². The van der Waals surface area contributed by atoms with Crippen molar-refractivity contribution in [2.45, 2.75) is 10.8 Å². The van der Waals surface area contributed by atoms with Crippen LogP contribution in [0.25, 0.3) is 0 Å². The molecular weight excluding hydrogens is 364 g/mol. The molecule has 1 N–H and O–H groups in total.